The lowest BCUT2D eigenvalue weighted by Gasteiger charge is -2.25. The molecule has 1 aliphatic heterocycles. The summed E-state index contributed by atoms with van der Waals surface area (Å²) < 4.78 is 0. The lowest BCUT2D eigenvalue weighted by molar-refractivity contribution is -0.123. The van der Waals surface area contributed by atoms with Crippen LogP contribution in [0.3, 0.4) is 0 Å². The van der Waals surface area contributed by atoms with Crippen molar-refractivity contribution in [2.75, 3.05) is 0 Å². The molecule has 0 spiro atoms. The molecule has 1 fully saturated rings. The highest BCUT2D eigenvalue weighted by molar-refractivity contribution is 6.01. The van der Waals surface area contributed by atoms with E-state index in [1.54, 1.807) is 4.90 Å². The molecule has 18 heavy (non-hydrogen) atoms. The number of benzene rings is 1. The van der Waals surface area contributed by atoms with Crippen LogP contribution in [0.4, 0.5) is 0 Å². The Labute approximate surface area is 107 Å². The monoisotopic (exact) mass is 243 g/mol. The van der Waals surface area contributed by atoms with E-state index < -0.39 is 0 Å². The van der Waals surface area contributed by atoms with Gasteiger partial charge in [-0.2, -0.15) is 0 Å². The topological polar surface area (TPSA) is 37.4 Å². The summed E-state index contributed by atoms with van der Waals surface area (Å²) in [6.07, 6.45) is 4.60. The van der Waals surface area contributed by atoms with Gasteiger partial charge in [-0.05, 0) is 24.5 Å². The quantitative estimate of drug-likeness (QED) is 0.711. The van der Waals surface area contributed by atoms with Crippen molar-refractivity contribution < 1.29 is 9.59 Å². The molecule has 1 heterocycles. The van der Waals surface area contributed by atoms with Gasteiger partial charge in [0.2, 0.25) is 0 Å². The van der Waals surface area contributed by atoms with E-state index in [2.05, 4.69) is 0 Å². The van der Waals surface area contributed by atoms with Gasteiger partial charge in [-0.3, -0.25) is 9.59 Å². The normalized spacial score (nSPS) is 24.0. The van der Waals surface area contributed by atoms with E-state index in [9.17, 15) is 9.59 Å². The Kier molecular flexibility index (Phi) is 2.90. The van der Waals surface area contributed by atoms with Gasteiger partial charge in [-0.1, -0.05) is 31.0 Å². The van der Waals surface area contributed by atoms with Gasteiger partial charge < -0.3 is 4.90 Å². The molecule has 1 amide bonds. The van der Waals surface area contributed by atoms with E-state index in [-0.39, 0.29) is 17.7 Å². The summed E-state index contributed by atoms with van der Waals surface area (Å²) in [5, 5.41) is 0. The first-order valence-electron chi connectivity index (χ1n) is 6.69. The van der Waals surface area contributed by atoms with Crippen LogP contribution in [0.2, 0.25) is 0 Å². The molecule has 1 aromatic carbocycles. The van der Waals surface area contributed by atoms with Gasteiger partial charge in [0.15, 0.2) is 5.78 Å². The third kappa shape index (κ3) is 1.84. The highest BCUT2D eigenvalue weighted by atomic mass is 16.2. The van der Waals surface area contributed by atoms with Crippen LogP contribution in [0.5, 0.6) is 0 Å². The minimum atomic E-state index is -0.188. The van der Waals surface area contributed by atoms with Crippen LogP contribution in [-0.4, -0.2) is 22.6 Å². The van der Waals surface area contributed by atoms with Gasteiger partial charge in [-0.15, -0.1) is 0 Å². The van der Waals surface area contributed by atoms with Gasteiger partial charge in [0.1, 0.15) is 0 Å². The fraction of sp³-hybridized carbons (Fsp3) is 0.467. The number of carbonyl (C=O) groups excluding carboxylic acids is 2. The molecule has 3 rings (SSSR count). The maximum absolute atomic E-state index is 12.3. The molecule has 1 saturated carbocycles. The zero-order chi connectivity index (χ0) is 12.5. The molecule has 1 aromatic rings. The van der Waals surface area contributed by atoms with Crippen molar-refractivity contribution in [3.8, 4) is 0 Å². The van der Waals surface area contributed by atoms with Gasteiger partial charge >= 0.3 is 0 Å². The standard InChI is InChI=1S/C15H17NO2/c17-14-9-3-1-2-8-13(14)16-10-11-6-4-5-7-12(11)15(16)18/h4-7,13H,1-3,8-10H2/t13-/m0/s1. The second-order valence-electron chi connectivity index (χ2n) is 5.17. The number of hydrogen-bond donors (Lipinski definition) is 0. The fourth-order valence-electron chi connectivity index (χ4n) is 3.00. The van der Waals surface area contributed by atoms with E-state index >= 15 is 0 Å². The second kappa shape index (κ2) is 4.56. The molecule has 94 valence electrons. The summed E-state index contributed by atoms with van der Waals surface area (Å²) in [6, 6.07) is 7.49. The number of Topliss-reactive ketones (excluding diaryl/α,β-unsaturated/α-hetero) is 1. The molecular weight excluding hydrogens is 226 g/mol. The van der Waals surface area contributed by atoms with Crippen LogP contribution in [0.15, 0.2) is 24.3 Å². The zero-order valence-corrected chi connectivity index (χ0v) is 10.4. The predicted molar refractivity (Wildman–Crippen MR) is 68.2 cm³/mol. The fourth-order valence-corrected chi connectivity index (χ4v) is 3.00. The minimum absolute atomic E-state index is 0.0332. The molecule has 0 radical (unpaired) electrons. The zero-order valence-electron chi connectivity index (χ0n) is 10.4. The number of nitrogens with zero attached hydrogens (tertiary/aromatic N) is 1. The van der Waals surface area contributed by atoms with E-state index in [0.717, 1.165) is 36.8 Å². The molecule has 0 bridgehead atoms. The van der Waals surface area contributed by atoms with Crippen LogP contribution in [0.25, 0.3) is 0 Å². The highest BCUT2D eigenvalue weighted by Crippen LogP contribution is 2.28. The third-order valence-corrected chi connectivity index (χ3v) is 4.00. The lowest BCUT2D eigenvalue weighted by atomic mass is 10.1. The molecule has 0 saturated heterocycles. The molecule has 3 nitrogen and oxygen atoms in total. The van der Waals surface area contributed by atoms with E-state index in [1.165, 1.54) is 0 Å². The molecule has 0 N–H and O–H groups in total. The van der Waals surface area contributed by atoms with Crippen LogP contribution in [-0.2, 0) is 11.3 Å². The Morgan fingerprint density at radius 3 is 2.72 bits per heavy atom. The Morgan fingerprint density at radius 2 is 1.89 bits per heavy atom. The van der Waals surface area contributed by atoms with Gasteiger partial charge in [0.25, 0.3) is 5.91 Å². The molecule has 2 aliphatic rings. The Balaban J connectivity index is 1.87. The van der Waals surface area contributed by atoms with Crippen LogP contribution in [0.1, 0.15) is 48.0 Å². The van der Waals surface area contributed by atoms with E-state index in [4.69, 9.17) is 0 Å². The molecule has 3 heteroatoms. The number of amides is 1. The average molecular weight is 243 g/mol. The Morgan fingerprint density at radius 1 is 1.06 bits per heavy atom. The van der Waals surface area contributed by atoms with Gasteiger partial charge in [-0.25, -0.2) is 0 Å². The maximum Gasteiger partial charge on any atom is 0.255 e. The Hall–Kier alpha value is -1.64. The smallest absolute Gasteiger partial charge is 0.255 e. The number of hydrogen-bond acceptors (Lipinski definition) is 2. The van der Waals surface area contributed by atoms with E-state index in [0.29, 0.717) is 13.0 Å². The summed E-state index contributed by atoms with van der Waals surface area (Å²) in [7, 11) is 0. The molecule has 0 aromatic heterocycles. The summed E-state index contributed by atoms with van der Waals surface area (Å²) in [6.45, 7) is 0.603. The van der Waals surface area contributed by atoms with Gasteiger partial charge in [0, 0.05) is 18.5 Å². The van der Waals surface area contributed by atoms with Crippen molar-refractivity contribution in [1.82, 2.24) is 4.90 Å². The predicted octanol–water partition coefficient (Wildman–Crippen LogP) is 2.54. The first-order valence-corrected chi connectivity index (χ1v) is 6.69. The summed E-state index contributed by atoms with van der Waals surface area (Å²) in [5.74, 6) is 0.277. The SMILES string of the molecule is O=C1CCCCC[C@@H]1N1Cc2ccccc2C1=O. The first-order chi connectivity index (χ1) is 8.77. The minimum Gasteiger partial charge on any atom is -0.324 e. The number of rotatable bonds is 1. The number of fused-ring (bicyclic) bond motifs is 1. The highest BCUT2D eigenvalue weighted by Gasteiger charge is 2.35. The molecule has 0 unspecified atom stereocenters. The van der Waals surface area contributed by atoms with Crippen molar-refractivity contribution in [2.24, 2.45) is 0 Å². The van der Waals surface area contributed by atoms with Crippen molar-refractivity contribution in [1.29, 1.82) is 0 Å². The van der Waals surface area contributed by atoms with Crippen LogP contribution >= 0.6 is 0 Å². The first kappa shape index (κ1) is 11.5. The Bertz CT molecular complexity index is 495. The van der Waals surface area contributed by atoms with Gasteiger partial charge in [0.05, 0.1) is 6.04 Å². The van der Waals surface area contributed by atoms with Crippen molar-refractivity contribution in [2.45, 2.75) is 44.7 Å². The summed E-state index contributed by atoms with van der Waals surface area (Å²) >= 11 is 0. The summed E-state index contributed by atoms with van der Waals surface area (Å²) in [4.78, 5) is 26.2. The van der Waals surface area contributed by atoms with Crippen molar-refractivity contribution in [3.63, 3.8) is 0 Å². The van der Waals surface area contributed by atoms with Crippen molar-refractivity contribution in [3.05, 3.63) is 35.4 Å². The largest absolute Gasteiger partial charge is 0.324 e. The third-order valence-electron chi connectivity index (χ3n) is 4.00. The van der Waals surface area contributed by atoms with Crippen LogP contribution in [0, 0.1) is 0 Å². The van der Waals surface area contributed by atoms with Crippen LogP contribution < -0.4 is 0 Å². The molecule has 1 atom stereocenters. The molecule has 1 aliphatic carbocycles. The number of ketones is 1. The van der Waals surface area contributed by atoms with E-state index in [1.807, 2.05) is 24.3 Å². The number of carbonyl (C=O) groups is 2. The lowest BCUT2D eigenvalue weighted by Crippen LogP contribution is -2.40. The average Bonchev–Trinajstić information content (AvgIpc) is 2.57. The second-order valence-corrected chi connectivity index (χ2v) is 5.17. The van der Waals surface area contributed by atoms with Crippen molar-refractivity contribution >= 4 is 11.7 Å². The maximum atomic E-state index is 12.3. The summed E-state index contributed by atoms with van der Waals surface area (Å²) in [5.41, 5.74) is 1.83. The molecular formula is C15H17NO2.